The molecule has 0 bridgehead atoms. The standard InChI is InChI=1S/C21H18/c1-15-14-16-8-2-3-10-18(16)20-12-6-7-13-21(20)19-11-5-4-9-17(15)19/h2-13,15H,14H2,1H3. The zero-order valence-electron chi connectivity index (χ0n) is 12.2. The van der Waals surface area contributed by atoms with E-state index in [1.54, 1.807) is 0 Å². The highest BCUT2D eigenvalue weighted by Gasteiger charge is 2.20. The summed E-state index contributed by atoms with van der Waals surface area (Å²) >= 11 is 0. The SMILES string of the molecule is CC1Cc2ccccc2-c2ccccc2-c2ccccc21. The molecule has 1 aliphatic carbocycles. The highest BCUT2D eigenvalue weighted by Crippen LogP contribution is 2.41. The first-order chi connectivity index (χ1) is 10.3. The molecule has 3 aromatic carbocycles. The molecule has 0 spiro atoms. The zero-order chi connectivity index (χ0) is 14.2. The van der Waals surface area contributed by atoms with Crippen LogP contribution in [-0.4, -0.2) is 0 Å². The van der Waals surface area contributed by atoms with Crippen LogP contribution in [0.3, 0.4) is 0 Å². The molecule has 0 amide bonds. The molecule has 3 aromatic rings. The highest BCUT2D eigenvalue weighted by atomic mass is 14.2. The normalized spacial score (nSPS) is 16.1. The molecule has 0 heteroatoms. The van der Waals surface area contributed by atoms with Crippen molar-refractivity contribution in [3.05, 3.63) is 83.9 Å². The van der Waals surface area contributed by atoms with Crippen molar-refractivity contribution < 1.29 is 0 Å². The second-order valence-corrected chi connectivity index (χ2v) is 5.90. The van der Waals surface area contributed by atoms with Crippen LogP contribution < -0.4 is 0 Å². The second kappa shape index (κ2) is 4.89. The minimum absolute atomic E-state index is 0.538. The van der Waals surface area contributed by atoms with Gasteiger partial charge in [-0.1, -0.05) is 79.7 Å². The van der Waals surface area contributed by atoms with Gasteiger partial charge in [0.1, 0.15) is 0 Å². The van der Waals surface area contributed by atoms with E-state index in [2.05, 4.69) is 79.7 Å². The molecule has 1 unspecified atom stereocenters. The van der Waals surface area contributed by atoms with Gasteiger partial charge < -0.3 is 0 Å². The van der Waals surface area contributed by atoms with Crippen molar-refractivity contribution >= 4 is 0 Å². The minimum atomic E-state index is 0.538. The van der Waals surface area contributed by atoms with Crippen molar-refractivity contribution in [3.63, 3.8) is 0 Å². The van der Waals surface area contributed by atoms with E-state index < -0.39 is 0 Å². The van der Waals surface area contributed by atoms with Crippen LogP contribution in [0.5, 0.6) is 0 Å². The van der Waals surface area contributed by atoms with E-state index in [1.807, 2.05) is 0 Å². The Bertz CT molecular complexity index is 798. The third kappa shape index (κ3) is 1.99. The molecule has 1 atom stereocenters. The monoisotopic (exact) mass is 270 g/mol. The first kappa shape index (κ1) is 12.4. The predicted molar refractivity (Wildman–Crippen MR) is 89.4 cm³/mol. The summed E-state index contributed by atoms with van der Waals surface area (Å²) in [5.74, 6) is 0.538. The number of benzene rings is 3. The van der Waals surface area contributed by atoms with Gasteiger partial charge in [-0.25, -0.2) is 0 Å². The van der Waals surface area contributed by atoms with Crippen molar-refractivity contribution in [2.24, 2.45) is 0 Å². The Hall–Kier alpha value is -2.34. The van der Waals surface area contributed by atoms with Crippen LogP contribution in [0.4, 0.5) is 0 Å². The van der Waals surface area contributed by atoms with Gasteiger partial charge in [0.2, 0.25) is 0 Å². The number of fused-ring (bicyclic) bond motifs is 5. The number of rotatable bonds is 0. The van der Waals surface area contributed by atoms with Crippen LogP contribution in [0.25, 0.3) is 22.3 Å². The maximum Gasteiger partial charge on any atom is -0.0102 e. The van der Waals surface area contributed by atoms with Crippen molar-refractivity contribution in [1.29, 1.82) is 0 Å². The lowest BCUT2D eigenvalue weighted by molar-refractivity contribution is 0.760. The van der Waals surface area contributed by atoms with E-state index in [4.69, 9.17) is 0 Å². The van der Waals surface area contributed by atoms with E-state index >= 15 is 0 Å². The summed E-state index contributed by atoms with van der Waals surface area (Å²) in [4.78, 5) is 0. The van der Waals surface area contributed by atoms with Crippen LogP contribution >= 0.6 is 0 Å². The van der Waals surface area contributed by atoms with Crippen molar-refractivity contribution in [2.75, 3.05) is 0 Å². The lowest BCUT2D eigenvalue weighted by atomic mass is 9.80. The third-order valence-corrected chi connectivity index (χ3v) is 4.54. The minimum Gasteiger partial charge on any atom is -0.0620 e. The van der Waals surface area contributed by atoms with Crippen LogP contribution in [0, 0.1) is 0 Å². The maximum absolute atomic E-state index is 2.34. The van der Waals surface area contributed by atoms with Gasteiger partial charge in [-0.15, -0.1) is 0 Å². The topological polar surface area (TPSA) is 0 Å². The largest absolute Gasteiger partial charge is 0.0620 e. The quantitative estimate of drug-likeness (QED) is 0.493. The van der Waals surface area contributed by atoms with Crippen LogP contribution in [-0.2, 0) is 6.42 Å². The molecule has 21 heavy (non-hydrogen) atoms. The number of hydrogen-bond acceptors (Lipinski definition) is 0. The first-order valence-electron chi connectivity index (χ1n) is 7.61. The van der Waals surface area contributed by atoms with Gasteiger partial charge in [0.25, 0.3) is 0 Å². The molecule has 0 radical (unpaired) electrons. The second-order valence-electron chi connectivity index (χ2n) is 5.90. The van der Waals surface area contributed by atoms with Crippen LogP contribution in [0.15, 0.2) is 72.8 Å². The summed E-state index contributed by atoms with van der Waals surface area (Å²) < 4.78 is 0. The van der Waals surface area contributed by atoms with Crippen molar-refractivity contribution in [3.8, 4) is 22.3 Å². The molecule has 0 nitrogen and oxygen atoms in total. The molecule has 0 N–H and O–H groups in total. The van der Waals surface area contributed by atoms with Crippen LogP contribution in [0.2, 0.25) is 0 Å². The van der Waals surface area contributed by atoms with Gasteiger partial charge in [0, 0.05) is 0 Å². The lowest BCUT2D eigenvalue weighted by Gasteiger charge is -2.24. The summed E-state index contributed by atoms with van der Waals surface area (Å²) in [6.45, 7) is 2.34. The lowest BCUT2D eigenvalue weighted by Crippen LogP contribution is -2.05. The van der Waals surface area contributed by atoms with Gasteiger partial charge in [-0.2, -0.15) is 0 Å². The summed E-state index contributed by atoms with van der Waals surface area (Å²) in [5.41, 5.74) is 8.38. The fourth-order valence-electron chi connectivity index (χ4n) is 3.53. The Labute approximate surface area is 126 Å². The van der Waals surface area contributed by atoms with E-state index in [9.17, 15) is 0 Å². The molecule has 0 aliphatic heterocycles. The van der Waals surface area contributed by atoms with Crippen LogP contribution in [0.1, 0.15) is 24.0 Å². The first-order valence-corrected chi connectivity index (χ1v) is 7.61. The van der Waals surface area contributed by atoms with Crippen molar-refractivity contribution in [2.45, 2.75) is 19.3 Å². The summed E-state index contributed by atoms with van der Waals surface area (Å²) in [6.07, 6.45) is 1.10. The van der Waals surface area contributed by atoms with Gasteiger partial charge in [-0.3, -0.25) is 0 Å². The Balaban J connectivity index is 2.10. The summed E-state index contributed by atoms with van der Waals surface area (Å²) in [6, 6.07) is 26.5. The summed E-state index contributed by atoms with van der Waals surface area (Å²) in [5, 5.41) is 0. The fourth-order valence-corrected chi connectivity index (χ4v) is 3.53. The molecular formula is C21H18. The van der Waals surface area contributed by atoms with Gasteiger partial charge in [0.05, 0.1) is 0 Å². The Kier molecular flexibility index (Phi) is 2.89. The average Bonchev–Trinajstić information content (AvgIpc) is 2.54. The molecule has 0 saturated heterocycles. The maximum atomic E-state index is 2.34. The predicted octanol–water partition coefficient (Wildman–Crippen LogP) is 5.68. The van der Waals surface area contributed by atoms with E-state index in [-0.39, 0.29) is 0 Å². The molecule has 0 aromatic heterocycles. The molecule has 1 aliphatic rings. The van der Waals surface area contributed by atoms with Crippen molar-refractivity contribution in [1.82, 2.24) is 0 Å². The molecule has 4 rings (SSSR count). The molecule has 102 valence electrons. The zero-order valence-corrected chi connectivity index (χ0v) is 12.2. The Morgan fingerprint density at radius 3 is 1.90 bits per heavy atom. The summed E-state index contributed by atoms with van der Waals surface area (Å²) in [7, 11) is 0. The Morgan fingerprint density at radius 1 is 0.619 bits per heavy atom. The third-order valence-electron chi connectivity index (χ3n) is 4.54. The molecule has 0 fully saturated rings. The molecule has 0 heterocycles. The fraction of sp³-hybridized carbons (Fsp3) is 0.143. The van der Waals surface area contributed by atoms with E-state index in [0.717, 1.165) is 6.42 Å². The smallest absolute Gasteiger partial charge is 0.0102 e. The Morgan fingerprint density at radius 2 is 1.14 bits per heavy atom. The molecular weight excluding hydrogens is 252 g/mol. The highest BCUT2D eigenvalue weighted by molar-refractivity contribution is 5.87. The van der Waals surface area contributed by atoms with Gasteiger partial charge in [0.15, 0.2) is 0 Å². The average molecular weight is 270 g/mol. The van der Waals surface area contributed by atoms with Gasteiger partial charge in [-0.05, 0) is 45.7 Å². The van der Waals surface area contributed by atoms with Gasteiger partial charge >= 0.3 is 0 Å². The van der Waals surface area contributed by atoms with E-state index in [0.29, 0.717) is 5.92 Å². The van der Waals surface area contributed by atoms with E-state index in [1.165, 1.54) is 33.4 Å². The number of hydrogen-bond donors (Lipinski definition) is 0. The molecule has 0 saturated carbocycles.